The second-order valence-corrected chi connectivity index (χ2v) is 6.06. The molecule has 118 valence electrons. The van der Waals surface area contributed by atoms with Crippen molar-refractivity contribution in [3.05, 3.63) is 41.3 Å². The molecular weight excluding hydrogens is 307 g/mol. The third-order valence-electron chi connectivity index (χ3n) is 2.97. The highest BCUT2D eigenvalue weighted by Gasteiger charge is 2.16. The molecular formula is C15H17FN2O3S. The number of rotatable bonds is 6. The van der Waals surface area contributed by atoms with E-state index < -0.39 is 0 Å². The second-order valence-electron chi connectivity index (χ2n) is 4.73. The predicted octanol–water partition coefficient (Wildman–Crippen LogP) is 3.39. The maximum Gasteiger partial charge on any atom is 0.239 e. The quantitative estimate of drug-likeness (QED) is 0.882. The minimum Gasteiger partial charge on any atom is -0.496 e. The van der Waals surface area contributed by atoms with E-state index in [1.165, 1.54) is 31.0 Å². The van der Waals surface area contributed by atoms with Crippen LogP contribution >= 0.6 is 11.8 Å². The zero-order valence-electron chi connectivity index (χ0n) is 12.6. The monoisotopic (exact) mass is 324 g/mol. The topological polar surface area (TPSA) is 64.4 Å². The molecule has 0 aliphatic rings. The van der Waals surface area contributed by atoms with Crippen LogP contribution in [0, 0.1) is 12.7 Å². The molecule has 0 fully saturated rings. The number of nitrogens with one attached hydrogen (secondary N) is 1. The van der Waals surface area contributed by atoms with Gasteiger partial charge in [-0.15, -0.1) is 11.8 Å². The van der Waals surface area contributed by atoms with Gasteiger partial charge in [0.15, 0.2) is 0 Å². The highest BCUT2D eigenvalue weighted by molar-refractivity contribution is 7.99. The highest BCUT2D eigenvalue weighted by atomic mass is 32.2. The van der Waals surface area contributed by atoms with Crippen molar-refractivity contribution in [2.45, 2.75) is 24.9 Å². The fourth-order valence-corrected chi connectivity index (χ4v) is 2.66. The largest absolute Gasteiger partial charge is 0.496 e. The minimum atomic E-state index is -0.335. The van der Waals surface area contributed by atoms with Crippen molar-refractivity contribution in [2.75, 3.05) is 12.4 Å². The number of aromatic nitrogens is 1. The van der Waals surface area contributed by atoms with Gasteiger partial charge < -0.3 is 9.26 Å². The van der Waals surface area contributed by atoms with E-state index in [4.69, 9.17) is 9.26 Å². The number of thioether (sulfide) groups is 1. The molecule has 1 heterocycles. The van der Waals surface area contributed by atoms with Crippen molar-refractivity contribution < 1.29 is 18.4 Å². The van der Waals surface area contributed by atoms with E-state index in [0.29, 0.717) is 28.6 Å². The van der Waals surface area contributed by atoms with Crippen molar-refractivity contribution >= 4 is 23.6 Å². The van der Waals surface area contributed by atoms with Gasteiger partial charge in [-0.25, -0.2) is 4.39 Å². The van der Waals surface area contributed by atoms with Crippen LogP contribution in [0.2, 0.25) is 0 Å². The molecule has 2 aromatic rings. The Kier molecular flexibility index (Phi) is 5.43. The smallest absolute Gasteiger partial charge is 0.239 e. The van der Waals surface area contributed by atoms with Crippen LogP contribution in [0.15, 0.2) is 28.8 Å². The number of aryl methyl sites for hydroxylation is 1. The van der Waals surface area contributed by atoms with Crippen LogP contribution in [0.5, 0.6) is 5.75 Å². The van der Waals surface area contributed by atoms with Crippen LogP contribution in [-0.2, 0) is 10.5 Å². The lowest BCUT2D eigenvalue weighted by Gasteiger charge is -2.12. The third kappa shape index (κ3) is 4.24. The Morgan fingerprint density at radius 2 is 2.27 bits per heavy atom. The molecule has 0 saturated carbocycles. The molecule has 0 aliphatic carbocycles. The molecule has 0 spiro atoms. The number of benzene rings is 1. The summed E-state index contributed by atoms with van der Waals surface area (Å²) in [6.45, 7) is 3.54. The van der Waals surface area contributed by atoms with Gasteiger partial charge in [0, 0.05) is 17.4 Å². The van der Waals surface area contributed by atoms with E-state index in [9.17, 15) is 9.18 Å². The molecule has 0 aliphatic heterocycles. The van der Waals surface area contributed by atoms with Gasteiger partial charge in [0.2, 0.25) is 11.8 Å². The predicted molar refractivity (Wildman–Crippen MR) is 83.6 cm³/mol. The summed E-state index contributed by atoms with van der Waals surface area (Å²) in [6, 6.07) is 5.98. The number of ether oxygens (including phenoxy) is 1. The van der Waals surface area contributed by atoms with E-state index in [0.717, 1.165) is 0 Å². The summed E-state index contributed by atoms with van der Waals surface area (Å²) < 4.78 is 23.4. The summed E-state index contributed by atoms with van der Waals surface area (Å²) in [5, 5.41) is 6.01. The van der Waals surface area contributed by atoms with Crippen molar-refractivity contribution in [1.82, 2.24) is 5.16 Å². The summed E-state index contributed by atoms with van der Waals surface area (Å²) in [5.74, 6) is 0.859. The lowest BCUT2D eigenvalue weighted by atomic mass is 10.2. The van der Waals surface area contributed by atoms with Gasteiger partial charge in [-0.2, -0.15) is 0 Å². The molecule has 22 heavy (non-hydrogen) atoms. The molecule has 0 unspecified atom stereocenters. The average Bonchev–Trinajstić information content (AvgIpc) is 2.90. The second kappa shape index (κ2) is 7.31. The van der Waals surface area contributed by atoms with E-state index >= 15 is 0 Å². The van der Waals surface area contributed by atoms with Crippen molar-refractivity contribution in [1.29, 1.82) is 0 Å². The number of anilines is 1. The van der Waals surface area contributed by atoms with Gasteiger partial charge in [-0.3, -0.25) is 10.1 Å². The van der Waals surface area contributed by atoms with Crippen LogP contribution in [0.4, 0.5) is 10.3 Å². The number of nitrogens with zero attached hydrogens (tertiary/aromatic N) is 1. The summed E-state index contributed by atoms with van der Waals surface area (Å²) in [6.07, 6.45) is 0. The van der Waals surface area contributed by atoms with Gasteiger partial charge >= 0.3 is 0 Å². The zero-order chi connectivity index (χ0) is 16.1. The van der Waals surface area contributed by atoms with E-state index in [1.54, 1.807) is 26.0 Å². The zero-order valence-corrected chi connectivity index (χ0v) is 13.4. The molecule has 2 rings (SSSR count). The lowest BCUT2D eigenvalue weighted by molar-refractivity contribution is -0.115. The third-order valence-corrected chi connectivity index (χ3v) is 4.17. The van der Waals surface area contributed by atoms with Gasteiger partial charge in [0.1, 0.15) is 11.6 Å². The maximum atomic E-state index is 13.3. The van der Waals surface area contributed by atoms with Crippen LogP contribution in [0.25, 0.3) is 0 Å². The molecule has 5 nitrogen and oxygen atoms in total. The van der Waals surface area contributed by atoms with Gasteiger partial charge in [0.05, 0.1) is 18.1 Å². The molecule has 0 bridgehead atoms. The van der Waals surface area contributed by atoms with E-state index in [1.807, 2.05) is 0 Å². The molecule has 7 heteroatoms. The van der Waals surface area contributed by atoms with Gasteiger partial charge in [-0.1, -0.05) is 5.16 Å². The molecule has 1 aromatic heterocycles. The van der Waals surface area contributed by atoms with Crippen LogP contribution in [-0.4, -0.2) is 23.4 Å². The number of hydrogen-bond acceptors (Lipinski definition) is 5. The van der Waals surface area contributed by atoms with E-state index in [-0.39, 0.29) is 17.0 Å². The van der Waals surface area contributed by atoms with Gasteiger partial charge in [-0.05, 0) is 32.0 Å². The first kappa shape index (κ1) is 16.4. The Morgan fingerprint density at radius 1 is 1.50 bits per heavy atom. The number of amides is 1. The Bertz CT molecular complexity index is 660. The summed E-state index contributed by atoms with van der Waals surface area (Å²) >= 11 is 1.38. The Morgan fingerprint density at radius 3 is 2.91 bits per heavy atom. The molecule has 1 amide bonds. The molecule has 0 saturated heterocycles. The van der Waals surface area contributed by atoms with Crippen molar-refractivity contribution in [3.8, 4) is 5.75 Å². The summed E-state index contributed by atoms with van der Waals surface area (Å²) in [5.41, 5.74) is 1.41. The first-order valence-electron chi connectivity index (χ1n) is 6.68. The van der Waals surface area contributed by atoms with E-state index in [2.05, 4.69) is 10.5 Å². The van der Waals surface area contributed by atoms with Crippen LogP contribution in [0.1, 0.15) is 18.2 Å². The SMILES string of the molecule is COc1ccc(F)cc1CS[C@@H](C)C(=O)Nc1cc(C)no1. The fourth-order valence-electron chi connectivity index (χ4n) is 1.80. The van der Waals surface area contributed by atoms with Crippen LogP contribution in [0.3, 0.4) is 0 Å². The fraction of sp³-hybridized carbons (Fsp3) is 0.333. The Labute approximate surface area is 132 Å². The van der Waals surface area contributed by atoms with Crippen molar-refractivity contribution in [2.24, 2.45) is 0 Å². The number of hydrogen-bond donors (Lipinski definition) is 1. The van der Waals surface area contributed by atoms with Crippen LogP contribution < -0.4 is 10.1 Å². The number of halogens is 1. The maximum absolute atomic E-state index is 13.3. The molecule has 0 radical (unpaired) electrons. The number of carbonyl (C=O) groups excluding carboxylic acids is 1. The lowest BCUT2D eigenvalue weighted by Crippen LogP contribution is -2.22. The molecule has 1 aromatic carbocycles. The Hall–Kier alpha value is -2.02. The standard InChI is InChI=1S/C15H17FN2O3S/c1-9-6-14(21-18-9)17-15(19)10(2)22-8-11-7-12(16)4-5-13(11)20-3/h4-7,10H,8H2,1-3H3,(H,17,19)/t10-/m0/s1. The number of carbonyl (C=O) groups is 1. The summed E-state index contributed by atoms with van der Waals surface area (Å²) in [4.78, 5) is 12.0. The molecule has 1 N–H and O–H groups in total. The highest BCUT2D eigenvalue weighted by Crippen LogP contribution is 2.26. The normalized spacial score (nSPS) is 12.0. The first-order chi connectivity index (χ1) is 10.5. The minimum absolute atomic E-state index is 0.198. The first-order valence-corrected chi connectivity index (χ1v) is 7.72. The summed E-state index contributed by atoms with van der Waals surface area (Å²) in [7, 11) is 1.53. The average molecular weight is 324 g/mol. The molecule has 1 atom stereocenters. The Balaban J connectivity index is 1.93. The number of methoxy groups -OCH3 is 1. The van der Waals surface area contributed by atoms with Gasteiger partial charge in [0.25, 0.3) is 0 Å². The van der Waals surface area contributed by atoms with Crippen molar-refractivity contribution in [3.63, 3.8) is 0 Å².